The van der Waals surface area contributed by atoms with Crippen LogP contribution in [0.15, 0.2) is 55.3 Å². The minimum atomic E-state index is -0.498. The van der Waals surface area contributed by atoms with E-state index >= 15 is 0 Å². The lowest BCUT2D eigenvalue weighted by atomic mass is 10.2. The fraction of sp³-hybridized carbons (Fsp3) is 0.0769. The first-order valence-electron chi connectivity index (χ1n) is 4.73. The van der Waals surface area contributed by atoms with Gasteiger partial charge in [0.05, 0.1) is 6.61 Å². The van der Waals surface area contributed by atoms with Crippen molar-refractivity contribution in [1.82, 2.24) is 0 Å². The van der Waals surface area contributed by atoms with Crippen LogP contribution in [0, 0.1) is 5.82 Å². The van der Waals surface area contributed by atoms with E-state index in [4.69, 9.17) is 9.84 Å². The second-order valence-electron chi connectivity index (χ2n) is 3.02. The first-order valence-corrected chi connectivity index (χ1v) is 4.73. The van der Waals surface area contributed by atoms with Gasteiger partial charge in [0.15, 0.2) is 0 Å². The molecule has 2 nitrogen and oxygen atoms in total. The summed E-state index contributed by atoms with van der Waals surface area (Å²) in [6, 6.07) is 4.26. The number of benzene rings is 1. The van der Waals surface area contributed by atoms with E-state index in [1.54, 1.807) is 18.2 Å². The number of allylic oxidation sites excluding steroid dienone is 3. The molecule has 0 fully saturated rings. The topological polar surface area (TPSA) is 29.5 Å². The third-order valence-corrected chi connectivity index (χ3v) is 1.91. The van der Waals surface area contributed by atoms with Crippen molar-refractivity contribution in [2.45, 2.75) is 6.61 Å². The second kappa shape index (κ2) is 5.88. The van der Waals surface area contributed by atoms with E-state index in [0.29, 0.717) is 11.5 Å². The summed E-state index contributed by atoms with van der Waals surface area (Å²) < 4.78 is 18.6. The molecule has 0 saturated carbocycles. The molecule has 0 spiro atoms. The summed E-state index contributed by atoms with van der Waals surface area (Å²) in [5.74, 6) is 0.330. The summed E-state index contributed by atoms with van der Waals surface area (Å²) >= 11 is 0. The van der Waals surface area contributed by atoms with Gasteiger partial charge in [0.25, 0.3) is 0 Å². The molecule has 1 N–H and O–H groups in total. The van der Waals surface area contributed by atoms with E-state index in [1.807, 2.05) is 0 Å². The van der Waals surface area contributed by atoms with Gasteiger partial charge >= 0.3 is 0 Å². The highest BCUT2D eigenvalue weighted by Gasteiger charge is 2.03. The lowest BCUT2D eigenvalue weighted by Gasteiger charge is -2.07. The largest absolute Gasteiger partial charge is 0.457 e. The Kier molecular flexibility index (Phi) is 4.48. The number of ether oxygens (including phenoxy) is 1. The molecule has 1 aromatic rings. The van der Waals surface area contributed by atoms with Crippen molar-refractivity contribution < 1.29 is 14.2 Å². The smallest absolute Gasteiger partial charge is 0.132 e. The molecule has 0 aliphatic heterocycles. The number of halogens is 1. The molecule has 16 heavy (non-hydrogen) atoms. The molecule has 1 rings (SSSR count). The Hall–Kier alpha value is -1.87. The Morgan fingerprint density at radius 1 is 1.44 bits per heavy atom. The zero-order valence-corrected chi connectivity index (χ0v) is 8.82. The van der Waals surface area contributed by atoms with Crippen LogP contribution in [0.2, 0.25) is 0 Å². The van der Waals surface area contributed by atoms with Crippen LogP contribution in [-0.2, 0) is 6.61 Å². The van der Waals surface area contributed by atoms with Gasteiger partial charge in [-0.2, -0.15) is 0 Å². The molecule has 0 radical (unpaired) electrons. The van der Waals surface area contributed by atoms with E-state index < -0.39 is 5.82 Å². The van der Waals surface area contributed by atoms with Gasteiger partial charge in [-0.05, 0) is 18.2 Å². The van der Waals surface area contributed by atoms with Crippen LogP contribution in [0.3, 0.4) is 0 Å². The summed E-state index contributed by atoms with van der Waals surface area (Å²) in [5, 5.41) is 8.80. The van der Waals surface area contributed by atoms with E-state index in [9.17, 15) is 4.39 Å². The van der Waals surface area contributed by atoms with Gasteiger partial charge in [0, 0.05) is 11.6 Å². The number of aliphatic hydroxyl groups excluding tert-OH is 1. The molecule has 3 heteroatoms. The van der Waals surface area contributed by atoms with Gasteiger partial charge in [0.1, 0.15) is 17.3 Å². The Morgan fingerprint density at radius 3 is 2.69 bits per heavy atom. The van der Waals surface area contributed by atoms with Crippen molar-refractivity contribution in [2.75, 3.05) is 0 Å². The predicted octanol–water partition coefficient (Wildman–Crippen LogP) is 2.95. The Labute approximate surface area is 94.0 Å². The van der Waals surface area contributed by atoms with Gasteiger partial charge in [-0.25, -0.2) is 4.39 Å². The molecular weight excluding hydrogens is 207 g/mol. The molecular formula is C13H13FO2. The third-order valence-electron chi connectivity index (χ3n) is 1.91. The predicted molar refractivity (Wildman–Crippen MR) is 61.4 cm³/mol. The standard InChI is InChI=1S/C13H13FO2/c1-3-5-11(4-2)16-12-7-6-10(9-15)13(14)8-12/h3-8,15H,1-2,9H2/b11-5+. The summed E-state index contributed by atoms with van der Waals surface area (Å²) in [4.78, 5) is 0. The molecule has 0 bridgehead atoms. The van der Waals surface area contributed by atoms with E-state index in [1.165, 1.54) is 18.2 Å². The lowest BCUT2D eigenvalue weighted by molar-refractivity contribution is 0.275. The first kappa shape index (κ1) is 12.2. The highest BCUT2D eigenvalue weighted by molar-refractivity contribution is 5.31. The number of hydrogen-bond donors (Lipinski definition) is 1. The maximum Gasteiger partial charge on any atom is 0.132 e. The Morgan fingerprint density at radius 2 is 2.19 bits per heavy atom. The van der Waals surface area contributed by atoms with Crippen LogP contribution in [0.25, 0.3) is 0 Å². The van der Waals surface area contributed by atoms with Gasteiger partial charge in [0.2, 0.25) is 0 Å². The highest BCUT2D eigenvalue weighted by Crippen LogP contribution is 2.19. The van der Waals surface area contributed by atoms with E-state index in [0.717, 1.165) is 0 Å². The van der Waals surface area contributed by atoms with Crippen LogP contribution in [0.5, 0.6) is 5.75 Å². The van der Waals surface area contributed by atoms with Gasteiger partial charge in [-0.3, -0.25) is 0 Å². The van der Waals surface area contributed by atoms with Crippen molar-refractivity contribution in [3.05, 3.63) is 66.7 Å². The normalized spacial score (nSPS) is 11.0. The van der Waals surface area contributed by atoms with Gasteiger partial charge < -0.3 is 9.84 Å². The van der Waals surface area contributed by atoms with Crippen molar-refractivity contribution in [3.63, 3.8) is 0 Å². The molecule has 0 heterocycles. The molecule has 84 valence electrons. The maximum atomic E-state index is 13.3. The SMILES string of the molecule is C=C/C=C(\C=C)Oc1ccc(CO)c(F)c1. The zero-order valence-electron chi connectivity index (χ0n) is 8.82. The monoisotopic (exact) mass is 220 g/mol. The van der Waals surface area contributed by atoms with Crippen LogP contribution < -0.4 is 4.74 Å². The number of aliphatic hydroxyl groups is 1. The number of rotatable bonds is 5. The van der Waals surface area contributed by atoms with Crippen LogP contribution in [-0.4, -0.2) is 5.11 Å². The van der Waals surface area contributed by atoms with Crippen LogP contribution in [0.1, 0.15) is 5.56 Å². The molecule has 1 aromatic carbocycles. The van der Waals surface area contributed by atoms with Crippen molar-refractivity contribution in [1.29, 1.82) is 0 Å². The molecule has 0 saturated heterocycles. The zero-order chi connectivity index (χ0) is 12.0. The summed E-state index contributed by atoms with van der Waals surface area (Å²) in [5.41, 5.74) is 0.236. The summed E-state index contributed by atoms with van der Waals surface area (Å²) in [6.07, 6.45) is 4.67. The first-order chi connectivity index (χ1) is 7.71. The lowest BCUT2D eigenvalue weighted by Crippen LogP contribution is -1.95. The second-order valence-corrected chi connectivity index (χ2v) is 3.02. The van der Waals surface area contributed by atoms with Crippen molar-refractivity contribution >= 4 is 0 Å². The van der Waals surface area contributed by atoms with Crippen LogP contribution in [0.4, 0.5) is 4.39 Å². The van der Waals surface area contributed by atoms with Crippen molar-refractivity contribution in [2.24, 2.45) is 0 Å². The molecule has 0 aliphatic carbocycles. The Bertz CT molecular complexity index is 422. The molecule has 0 amide bonds. The molecule has 0 aromatic heterocycles. The fourth-order valence-electron chi connectivity index (χ4n) is 1.12. The summed E-state index contributed by atoms with van der Waals surface area (Å²) in [7, 11) is 0. The Balaban J connectivity index is 2.90. The van der Waals surface area contributed by atoms with Crippen molar-refractivity contribution in [3.8, 4) is 5.75 Å². The minimum absolute atomic E-state index is 0.236. The van der Waals surface area contributed by atoms with E-state index in [-0.39, 0.29) is 12.2 Å². The summed E-state index contributed by atoms with van der Waals surface area (Å²) in [6.45, 7) is 6.75. The van der Waals surface area contributed by atoms with Crippen LogP contribution >= 0.6 is 0 Å². The maximum absolute atomic E-state index is 13.3. The molecule has 0 atom stereocenters. The average molecular weight is 220 g/mol. The quantitative estimate of drug-likeness (QED) is 0.610. The molecule has 0 aliphatic rings. The fourth-order valence-corrected chi connectivity index (χ4v) is 1.12. The van der Waals surface area contributed by atoms with Gasteiger partial charge in [-0.1, -0.05) is 25.3 Å². The van der Waals surface area contributed by atoms with Gasteiger partial charge in [-0.15, -0.1) is 0 Å². The minimum Gasteiger partial charge on any atom is -0.457 e. The highest BCUT2D eigenvalue weighted by atomic mass is 19.1. The third kappa shape index (κ3) is 3.07. The number of hydrogen-bond acceptors (Lipinski definition) is 2. The van der Waals surface area contributed by atoms with E-state index in [2.05, 4.69) is 13.2 Å². The molecule has 0 unspecified atom stereocenters. The average Bonchev–Trinajstić information content (AvgIpc) is 2.28.